The molecule has 4 N–H and O–H groups in total. The van der Waals surface area contributed by atoms with Gasteiger partial charge in [0, 0.05) is 30.2 Å². The Balaban J connectivity index is 1.58. The summed E-state index contributed by atoms with van der Waals surface area (Å²) in [6.45, 7) is -0.924. The molecule has 3 amide bonds. The third-order valence-electron chi connectivity index (χ3n) is 5.34. The molecule has 0 saturated heterocycles. The molecule has 0 aliphatic carbocycles. The van der Waals surface area contributed by atoms with Crippen molar-refractivity contribution in [2.24, 2.45) is 0 Å². The van der Waals surface area contributed by atoms with E-state index in [2.05, 4.69) is 15.8 Å². The summed E-state index contributed by atoms with van der Waals surface area (Å²) in [6, 6.07) is 11.2. The van der Waals surface area contributed by atoms with E-state index >= 15 is 0 Å². The molecule has 37 heavy (non-hydrogen) atoms. The van der Waals surface area contributed by atoms with Crippen LogP contribution in [-0.4, -0.2) is 64.8 Å². The van der Waals surface area contributed by atoms with Crippen molar-refractivity contribution in [3.05, 3.63) is 70.0 Å². The minimum atomic E-state index is -1.17. The number of amides is 3. The number of rotatable bonds is 10. The zero-order valence-electron chi connectivity index (χ0n) is 19.7. The fourth-order valence-corrected chi connectivity index (χ4v) is 3.68. The first kappa shape index (κ1) is 28.2. The quantitative estimate of drug-likeness (QED) is 0.293. The Bertz CT molecular complexity index is 1230. The molecular weight excluding hydrogens is 530 g/mol. The maximum Gasteiger partial charge on any atom is 0.412 e. The van der Waals surface area contributed by atoms with Gasteiger partial charge < -0.3 is 29.7 Å². The summed E-state index contributed by atoms with van der Waals surface area (Å²) >= 11 is 11.9. The first-order chi connectivity index (χ1) is 17.7. The van der Waals surface area contributed by atoms with Gasteiger partial charge in [0.25, 0.3) is 0 Å². The summed E-state index contributed by atoms with van der Waals surface area (Å²) in [4.78, 5) is 26.2. The Morgan fingerprint density at radius 3 is 2.70 bits per heavy atom. The van der Waals surface area contributed by atoms with Crippen LogP contribution in [-0.2, 0) is 11.3 Å². The highest BCUT2D eigenvalue weighted by Crippen LogP contribution is 2.25. The van der Waals surface area contributed by atoms with E-state index in [1.54, 1.807) is 30.3 Å². The first-order valence-electron chi connectivity index (χ1n) is 11.1. The van der Waals surface area contributed by atoms with Gasteiger partial charge in [-0.2, -0.15) is 0 Å². The molecule has 1 heterocycles. The second kappa shape index (κ2) is 13.2. The predicted molar refractivity (Wildman–Crippen MR) is 135 cm³/mol. The summed E-state index contributed by atoms with van der Waals surface area (Å²) in [5.74, 6) is -0.154. The van der Waals surface area contributed by atoms with E-state index in [0.717, 1.165) is 0 Å². The van der Waals surface area contributed by atoms with Gasteiger partial charge in [0.15, 0.2) is 11.6 Å². The van der Waals surface area contributed by atoms with Gasteiger partial charge in [0.1, 0.15) is 12.4 Å². The standard InChI is InChI=1S/C24H25Cl2FN4O6/c1-31(23(34)28-11-15-5-3-7-19(27)22(15)26)17(9-18(33)12-32)13-36-24(35)29-21-10-20(37-30-21)14-4-2-6-16(25)8-14/h2-8,10,17-18,32-33H,9,11-13H2,1H3,(H,28,34)(H,29,30,35)/t17-,18+/m0/s1. The third-order valence-corrected chi connectivity index (χ3v) is 6.00. The van der Waals surface area contributed by atoms with Crippen LogP contribution in [0.2, 0.25) is 10.0 Å². The van der Waals surface area contributed by atoms with Crippen molar-refractivity contribution in [2.75, 3.05) is 25.6 Å². The normalized spacial score (nSPS) is 12.5. The van der Waals surface area contributed by atoms with Crippen molar-refractivity contribution in [1.29, 1.82) is 0 Å². The lowest BCUT2D eigenvalue weighted by atomic mass is 10.1. The zero-order chi connectivity index (χ0) is 26.9. The fraction of sp³-hybridized carbons (Fsp3) is 0.292. The summed E-state index contributed by atoms with van der Waals surface area (Å²) in [6.07, 6.45) is -2.13. The number of ether oxygens (including phenoxy) is 1. The first-order valence-corrected chi connectivity index (χ1v) is 11.8. The number of hydrogen-bond donors (Lipinski definition) is 4. The van der Waals surface area contributed by atoms with E-state index in [1.807, 2.05) is 0 Å². The minimum Gasteiger partial charge on any atom is -0.447 e. The molecule has 0 aliphatic rings. The summed E-state index contributed by atoms with van der Waals surface area (Å²) in [5.41, 5.74) is 1.03. The van der Waals surface area contributed by atoms with Crippen LogP contribution in [0.4, 0.5) is 19.8 Å². The Morgan fingerprint density at radius 2 is 1.97 bits per heavy atom. The summed E-state index contributed by atoms with van der Waals surface area (Å²) in [7, 11) is 1.42. The van der Waals surface area contributed by atoms with Gasteiger partial charge >= 0.3 is 12.1 Å². The van der Waals surface area contributed by atoms with Crippen molar-refractivity contribution >= 4 is 41.1 Å². The number of aromatic nitrogens is 1. The van der Waals surface area contributed by atoms with Gasteiger partial charge in [-0.1, -0.05) is 52.6 Å². The molecule has 13 heteroatoms. The number of nitrogens with zero attached hydrogens (tertiary/aromatic N) is 2. The molecule has 1 aromatic heterocycles. The van der Waals surface area contributed by atoms with Gasteiger partial charge in [-0.25, -0.2) is 14.0 Å². The second-order valence-electron chi connectivity index (χ2n) is 8.02. The fourth-order valence-electron chi connectivity index (χ4n) is 3.30. The molecule has 2 aromatic carbocycles. The molecular formula is C24H25Cl2FN4O6. The average Bonchev–Trinajstić information content (AvgIpc) is 3.35. The molecule has 3 rings (SSSR count). The van der Waals surface area contributed by atoms with Crippen molar-refractivity contribution in [2.45, 2.75) is 25.1 Å². The van der Waals surface area contributed by atoms with Gasteiger partial charge in [-0.15, -0.1) is 0 Å². The second-order valence-corrected chi connectivity index (χ2v) is 8.83. The highest BCUT2D eigenvalue weighted by molar-refractivity contribution is 6.31. The van der Waals surface area contributed by atoms with Crippen LogP contribution in [0.5, 0.6) is 0 Å². The lowest BCUT2D eigenvalue weighted by Gasteiger charge is -2.29. The molecule has 0 aliphatic heterocycles. The summed E-state index contributed by atoms with van der Waals surface area (Å²) in [5, 5.41) is 28.3. The molecule has 0 radical (unpaired) electrons. The van der Waals surface area contributed by atoms with Crippen LogP contribution in [0.1, 0.15) is 12.0 Å². The molecule has 198 valence electrons. The van der Waals surface area contributed by atoms with Crippen LogP contribution < -0.4 is 10.6 Å². The highest BCUT2D eigenvalue weighted by Gasteiger charge is 2.25. The van der Waals surface area contributed by atoms with Crippen LogP contribution in [0.3, 0.4) is 0 Å². The Labute approximate surface area is 221 Å². The number of nitrogens with one attached hydrogen (secondary N) is 2. The number of benzene rings is 2. The molecule has 3 aromatic rings. The van der Waals surface area contributed by atoms with E-state index in [1.165, 1.54) is 30.1 Å². The number of carbonyl (C=O) groups excluding carboxylic acids is 2. The maximum atomic E-state index is 13.6. The largest absolute Gasteiger partial charge is 0.447 e. The van der Waals surface area contributed by atoms with Crippen LogP contribution in [0.25, 0.3) is 11.3 Å². The van der Waals surface area contributed by atoms with Crippen LogP contribution in [0, 0.1) is 5.82 Å². The topological polar surface area (TPSA) is 137 Å². The van der Waals surface area contributed by atoms with Crippen LogP contribution in [0.15, 0.2) is 53.1 Å². The zero-order valence-corrected chi connectivity index (χ0v) is 21.2. The number of anilines is 1. The smallest absolute Gasteiger partial charge is 0.412 e. The maximum absolute atomic E-state index is 13.6. The van der Waals surface area contributed by atoms with E-state index in [-0.39, 0.29) is 30.4 Å². The molecule has 0 bridgehead atoms. The molecule has 2 atom stereocenters. The molecule has 0 spiro atoms. The number of halogens is 3. The van der Waals surface area contributed by atoms with Crippen molar-refractivity contribution in [3.8, 4) is 11.3 Å². The lowest BCUT2D eigenvalue weighted by molar-refractivity contribution is 0.0480. The van der Waals surface area contributed by atoms with Gasteiger partial charge in [0.05, 0.1) is 23.8 Å². The number of aliphatic hydroxyl groups excluding tert-OH is 2. The van der Waals surface area contributed by atoms with Crippen molar-refractivity contribution in [1.82, 2.24) is 15.4 Å². The monoisotopic (exact) mass is 554 g/mol. The highest BCUT2D eigenvalue weighted by atomic mass is 35.5. The minimum absolute atomic E-state index is 0.0580. The number of hydrogen-bond acceptors (Lipinski definition) is 7. The van der Waals surface area contributed by atoms with E-state index < -0.39 is 36.7 Å². The van der Waals surface area contributed by atoms with Crippen molar-refractivity contribution in [3.63, 3.8) is 0 Å². The average molecular weight is 555 g/mol. The van der Waals surface area contributed by atoms with Gasteiger partial charge in [0.2, 0.25) is 0 Å². The summed E-state index contributed by atoms with van der Waals surface area (Å²) < 4.78 is 24.1. The number of carbonyl (C=O) groups is 2. The number of aliphatic hydroxyl groups is 2. The SMILES string of the molecule is CN(C(=O)NCc1cccc(F)c1Cl)[C@H](COC(=O)Nc1cc(-c2cccc(Cl)c2)on1)C[C@@H](O)CO. The van der Waals surface area contributed by atoms with E-state index in [9.17, 15) is 24.2 Å². The van der Waals surface area contributed by atoms with Gasteiger partial charge in [-0.05, 0) is 30.2 Å². The third kappa shape index (κ3) is 8.05. The van der Waals surface area contributed by atoms with Crippen LogP contribution >= 0.6 is 23.2 Å². The van der Waals surface area contributed by atoms with Gasteiger partial charge in [-0.3, -0.25) is 5.32 Å². The van der Waals surface area contributed by atoms with Crippen molar-refractivity contribution < 1.29 is 33.5 Å². The lowest BCUT2D eigenvalue weighted by Crippen LogP contribution is -2.47. The number of likely N-dealkylation sites (N-methyl/N-ethyl adjacent to an activating group) is 1. The van der Waals surface area contributed by atoms with E-state index in [0.29, 0.717) is 21.9 Å². The molecule has 10 nitrogen and oxygen atoms in total. The Hall–Kier alpha value is -3.38. The Kier molecular flexibility index (Phi) is 10.1. The Morgan fingerprint density at radius 1 is 1.22 bits per heavy atom. The number of urea groups is 1. The predicted octanol–water partition coefficient (Wildman–Crippen LogP) is 4.29. The molecule has 0 saturated carbocycles. The molecule has 0 fully saturated rings. The van der Waals surface area contributed by atoms with E-state index in [4.69, 9.17) is 32.5 Å². The molecule has 0 unspecified atom stereocenters.